The maximum Gasteiger partial charge on any atom is 0.233 e. The van der Waals surface area contributed by atoms with E-state index in [0.29, 0.717) is 45.1 Å². The van der Waals surface area contributed by atoms with Crippen molar-refractivity contribution in [2.24, 2.45) is 28.7 Å². The van der Waals surface area contributed by atoms with Crippen LogP contribution in [0.25, 0.3) is 0 Å². The topological polar surface area (TPSA) is 111 Å². The summed E-state index contributed by atoms with van der Waals surface area (Å²) in [4.78, 5) is 31.3. The zero-order valence-electron chi connectivity index (χ0n) is 18.4. The van der Waals surface area contributed by atoms with Crippen molar-refractivity contribution in [2.45, 2.75) is 26.7 Å². The molecular weight excluding hydrogens is 533 g/mol. The van der Waals surface area contributed by atoms with Gasteiger partial charge < -0.3 is 10.6 Å². The molecule has 11 heteroatoms. The number of halogens is 1. The summed E-state index contributed by atoms with van der Waals surface area (Å²) < 4.78 is 24.9. The number of nitrogens with one attached hydrogen (secondary N) is 2. The Morgan fingerprint density at radius 1 is 1.16 bits per heavy atom. The molecule has 2 amide bonds. The smallest absolute Gasteiger partial charge is 0.233 e. The molecule has 4 atom stereocenters. The van der Waals surface area contributed by atoms with Crippen LogP contribution in [0, 0.1) is 23.7 Å². The second-order valence-electron chi connectivity index (χ2n) is 8.09. The molecule has 31 heavy (non-hydrogen) atoms. The van der Waals surface area contributed by atoms with Crippen molar-refractivity contribution < 1.29 is 18.0 Å². The zero-order valence-corrected chi connectivity index (χ0v) is 21.6. The van der Waals surface area contributed by atoms with Crippen LogP contribution >= 0.6 is 24.0 Å². The Morgan fingerprint density at radius 2 is 1.77 bits per heavy atom. The first-order valence-corrected chi connectivity index (χ1v) is 12.4. The zero-order chi connectivity index (χ0) is 21.9. The summed E-state index contributed by atoms with van der Waals surface area (Å²) >= 11 is 0. The van der Waals surface area contributed by atoms with Crippen molar-refractivity contribution in [3.63, 3.8) is 0 Å². The Labute approximate surface area is 202 Å². The van der Waals surface area contributed by atoms with Crippen LogP contribution in [0.1, 0.15) is 26.7 Å². The fourth-order valence-electron chi connectivity index (χ4n) is 4.66. The number of nitrogens with zero attached hydrogens (tertiary/aromatic N) is 3. The minimum absolute atomic E-state index is 0. The largest absolute Gasteiger partial charge is 0.357 e. The Morgan fingerprint density at radius 3 is 2.32 bits per heavy atom. The highest BCUT2D eigenvalue weighted by Gasteiger charge is 2.58. The van der Waals surface area contributed by atoms with Crippen molar-refractivity contribution in [3.8, 4) is 0 Å². The van der Waals surface area contributed by atoms with Crippen LogP contribution in [-0.2, 0) is 19.6 Å². The van der Waals surface area contributed by atoms with E-state index in [2.05, 4.69) is 27.8 Å². The fourth-order valence-corrected chi connectivity index (χ4v) is 5.50. The van der Waals surface area contributed by atoms with Gasteiger partial charge in [-0.05, 0) is 38.5 Å². The van der Waals surface area contributed by atoms with E-state index in [9.17, 15) is 18.0 Å². The molecule has 1 saturated carbocycles. The summed E-state index contributed by atoms with van der Waals surface area (Å²) in [5, 5.41) is 6.30. The summed E-state index contributed by atoms with van der Waals surface area (Å²) in [5.41, 5.74) is 0. The number of fused-ring (bicyclic) bond motifs is 5. The Bertz CT molecular complexity index is 801. The van der Waals surface area contributed by atoms with Crippen molar-refractivity contribution in [1.29, 1.82) is 0 Å². The molecule has 0 radical (unpaired) electrons. The SMILES string of the molecule is CCNC(=NCCCN(C)S(=O)(=O)CC)NCCN1C(=O)C2C3C=CC(C3)C2C1=O.I. The molecule has 3 rings (SSSR count). The lowest BCUT2D eigenvalue weighted by Crippen LogP contribution is -2.43. The lowest BCUT2D eigenvalue weighted by Gasteiger charge is -2.19. The maximum absolute atomic E-state index is 12.7. The first-order valence-electron chi connectivity index (χ1n) is 10.8. The Balaban J connectivity index is 0.00000341. The summed E-state index contributed by atoms with van der Waals surface area (Å²) in [6, 6.07) is 0. The van der Waals surface area contributed by atoms with E-state index in [4.69, 9.17) is 0 Å². The highest BCUT2D eigenvalue weighted by atomic mass is 127. The van der Waals surface area contributed by atoms with E-state index in [1.54, 1.807) is 14.0 Å². The third-order valence-corrected chi connectivity index (χ3v) is 8.14. The number of hydrogen-bond acceptors (Lipinski definition) is 5. The van der Waals surface area contributed by atoms with Gasteiger partial charge in [-0.3, -0.25) is 19.5 Å². The van der Waals surface area contributed by atoms with Crippen LogP contribution < -0.4 is 10.6 Å². The Hall–Kier alpha value is -1.21. The predicted octanol–water partition coefficient (Wildman–Crippen LogP) is 0.638. The van der Waals surface area contributed by atoms with Gasteiger partial charge in [0.15, 0.2) is 5.96 Å². The van der Waals surface area contributed by atoms with Gasteiger partial charge in [-0.25, -0.2) is 12.7 Å². The van der Waals surface area contributed by atoms with Gasteiger partial charge in [0.25, 0.3) is 0 Å². The van der Waals surface area contributed by atoms with Crippen LogP contribution in [0.2, 0.25) is 0 Å². The standard InChI is InChI=1S/C20H33N5O4S.HI/c1-4-21-20(22-9-6-11-24(3)30(28,29)5-2)23-10-12-25-18(26)16-14-7-8-15(13-14)17(16)19(25)27;/h7-8,14-17H,4-6,9-13H2,1-3H3,(H2,21,22,23);1H. The number of likely N-dealkylation sites (tertiary alicyclic amines) is 1. The lowest BCUT2D eigenvalue weighted by molar-refractivity contribution is -0.140. The van der Waals surface area contributed by atoms with Gasteiger partial charge >= 0.3 is 0 Å². The van der Waals surface area contributed by atoms with Gasteiger partial charge in [-0.2, -0.15) is 0 Å². The Kier molecular flexibility index (Phi) is 9.31. The fraction of sp³-hybridized carbons (Fsp3) is 0.750. The highest BCUT2D eigenvalue weighted by molar-refractivity contribution is 14.0. The van der Waals surface area contributed by atoms with Crippen molar-refractivity contribution in [3.05, 3.63) is 12.2 Å². The van der Waals surface area contributed by atoms with Gasteiger partial charge in [-0.1, -0.05) is 12.2 Å². The van der Waals surface area contributed by atoms with E-state index in [1.807, 2.05) is 6.92 Å². The quantitative estimate of drug-likeness (QED) is 0.100. The van der Waals surface area contributed by atoms with Crippen LogP contribution in [0.3, 0.4) is 0 Å². The van der Waals surface area contributed by atoms with E-state index in [1.165, 1.54) is 9.21 Å². The number of allylic oxidation sites excluding steroid dienone is 2. The third-order valence-electron chi connectivity index (χ3n) is 6.27. The number of carbonyl (C=O) groups excluding carboxylic acids is 2. The van der Waals surface area contributed by atoms with Crippen LogP contribution in [0.15, 0.2) is 17.1 Å². The normalized spacial score (nSPS) is 27.1. The first-order chi connectivity index (χ1) is 14.3. The molecule has 0 aromatic rings. The molecule has 176 valence electrons. The van der Waals surface area contributed by atoms with Crippen LogP contribution in [-0.4, -0.2) is 80.9 Å². The number of hydrogen-bond donors (Lipinski definition) is 2. The molecule has 4 unspecified atom stereocenters. The molecule has 9 nitrogen and oxygen atoms in total. The minimum Gasteiger partial charge on any atom is -0.357 e. The molecule has 1 saturated heterocycles. The van der Waals surface area contributed by atoms with Gasteiger partial charge in [0.2, 0.25) is 21.8 Å². The van der Waals surface area contributed by atoms with Crippen molar-refractivity contribution >= 4 is 51.8 Å². The highest BCUT2D eigenvalue weighted by Crippen LogP contribution is 2.52. The van der Waals surface area contributed by atoms with E-state index < -0.39 is 10.0 Å². The molecule has 2 bridgehead atoms. The number of sulfonamides is 1. The summed E-state index contributed by atoms with van der Waals surface area (Å²) in [6.07, 6.45) is 5.73. The van der Waals surface area contributed by atoms with Crippen molar-refractivity contribution in [1.82, 2.24) is 19.8 Å². The van der Waals surface area contributed by atoms with Crippen LogP contribution in [0.4, 0.5) is 0 Å². The number of guanidine groups is 1. The minimum atomic E-state index is -3.17. The second-order valence-corrected chi connectivity index (χ2v) is 10.5. The van der Waals surface area contributed by atoms with Gasteiger partial charge in [0.1, 0.15) is 0 Å². The number of imide groups is 1. The summed E-state index contributed by atoms with van der Waals surface area (Å²) in [5.74, 6) is 0.739. The molecule has 2 fully saturated rings. The molecule has 3 aliphatic rings. The predicted molar refractivity (Wildman–Crippen MR) is 131 cm³/mol. The van der Waals surface area contributed by atoms with E-state index in [-0.39, 0.29) is 65.2 Å². The summed E-state index contributed by atoms with van der Waals surface area (Å²) in [7, 11) is -1.60. The molecule has 0 aromatic carbocycles. The molecule has 2 N–H and O–H groups in total. The van der Waals surface area contributed by atoms with Gasteiger partial charge in [0.05, 0.1) is 17.6 Å². The average Bonchev–Trinajstić information content (AvgIpc) is 3.40. The van der Waals surface area contributed by atoms with Gasteiger partial charge in [-0.15, -0.1) is 24.0 Å². The molecule has 2 aliphatic carbocycles. The number of aliphatic imine (C=N–C) groups is 1. The molecule has 1 aliphatic heterocycles. The molecule has 0 spiro atoms. The third kappa shape index (κ3) is 5.59. The first kappa shape index (κ1) is 26.0. The van der Waals surface area contributed by atoms with Crippen molar-refractivity contribution in [2.75, 3.05) is 45.5 Å². The van der Waals surface area contributed by atoms with Crippen LogP contribution in [0.5, 0.6) is 0 Å². The average molecular weight is 567 g/mol. The second kappa shape index (κ2) is 11.1. The molecular formula is C20H34IN5O4S. The summed E-state index contributed by atoms with van der Waals surface area (Å²) in [6.45, 7) is 5.89. The maximum atomic E-state index is 12.7. The number of amides is 2. The van der Waals surface area contributed by atoms with E-state index in [0.717, 1.165) is 6.42 Å². The number of carbonyl (C=O) groups is 2. The lowest BCUT2D eigenvalue weighted by atomic mass is 9.85. The number of rotatable bonds is 10. The molecule has 1 heterocycles. The monoisotopic (exact) mass is 567 g/mol. The molecule has 0 aromatic heterocycles. The van der Waals surface area contributed by atoms with E-state index >= 15 is 0 Å². The van der Waals surface area contributed by atoms with Gasteiger partial charge in [0, 0.05) is 39.8 Å².